The van der Waals surface area contributed by atoms with E-state index >= 15 is 0 Å². The maximum absolute atomic E-state index is 5.67. The molecule has 0 unspecified atom stereocenters. The first kappa shape index (κ1) is 12.2. The zero-order valence-corrected chi connectivity index (χ0v) is 10.2. The lowest BCUT2D eigenvalue weighted by atomic mass is 10.3. The summed E-state index contributed by atoms with van der Waals surface area (Å²) in [5.74, 6) is 1.46. The van der Waals surface area contributed by atoms with Crippen molar-refractivity contribution in [1.82, 2.24) is 9.97 Å². The molecule has 0 aliphatic carbocycles. The molecule has 0 aliphatic rings. The Morgan fingerprint density at radius 2 is 2.06 bits per heavy atom. The first-order valence-corrected chi connectivity index (χ1v) is 5.76. The molecule has 1 heterocycles. The van der Waals surface area contributed by atoms with E-state index in [-0.39, 0.29) is 0 Å². The number of hydrogen-bond donors (Lipinski definition) is 1. The summed E-state index contributed by atoms with van der Waals surface area (Å²) in [7, 11) is 0. The summed E-state index contributed by atoms with van der Waals surface area (Å²) in [6, 6.07) is 7.13. The van der Waals surface area contributed by atoms with Crippen LogP contribution in [0.1, 0.15) is 13.3 Å². The molecule has 1 aromatic heterocycles. The van der Waals surface area contributed by atoms with Gasteiger partial charge in [0, 0.05) is 11.8 Å². The van der Waals surface area contributed by atoms with Gasteiger partial charge in [-0.25, -0.2) is 0 Å². The molecule has 0 radical (unpaired) electrons. The Morgan fingerprint density at radius 1 is 1.22 bits per heavy atom. The van der Waals surface area contributed by atoms with Crippen molar-refractivity contribution in [1.29, 1.82) is 0 Å². The van der Waals surface area contributed by atoms with Crippen LogP contribution in [0.15, 0.2) is 36.7 Å². The normalized spacial score (nSPS) is 10.1. The molecule has 0 amide bonds. The molecular weight excluding hydrogens is 230 g/mol. The van der Waals surface area contributed by atoms with Crippen LogP contribution in [0, 0.1) is 0 Å². The lowest BCUT2D eigenvalue weighted by Gasteiger charge is -2.07. The molecule has 0 saturated heterocycles. The predicted octanol–water partition coefficient (Wildman–Crippen LogP) is 2.64. The van der Waals surface area contributed by atoms with E-state index in [0.29, 0.717) is 29.8 Å². The number of rotatable bonds is 5. The summed E-state index contributed by atoms with van der Waals surface area (Å²) in [5, 5.41) is 0. The zero-order valence-electron chi connectivity index (χ0n) is 10.2. The molecule has 0 fully saturated rings. The third kappa shape index (κ3) is 3.35. The molecule has 94 valence electrons. The van der Waals surface area contributed by atoms with Crippen molar-refractivity contribution < 1.29 is 9.47 Å². The minimum absolute atomic E-state index is 0.384. The largest absolute Gasteiger partial charge is 0.477 e. The second-order valence-corrected chi connectivity index (χ2v) is 3.72. The first-order chi connectivity index (χ1) is 8.78. The van der Waals surface area contributed by atoms with Gasteiger partial charge in [-0.05, 0) is 18.6 Å². The molecule has 2 aromatic rings. The van der Waals surface area contributed by atoms with E-state index in [1.807, 2.05) is 13.0 Å². The molecule has 5 nitrogen and oxygen atoms in total. The van der Waals surface area contributed by atoms with Crippen molar-refractivity contribution in [2.75, 3.05) is 12.3 Å². The van der Waals surface area contributed by atoms with Crippen molar-refractivity contribution >= 4 is 5.69 Å². The van der Waals surface area contributed by atoms with Gasteiger partial charge in [0.05, 0.1) is 19.0 Å². The van der Waals surface area contributed by atoms with Crippen LogP contribution in [-0.2, 0) is 0 Å². The molecule has 1 aromatic carbocycles. The van der Waals surface area contributed by atoms with E-state index in [4.69, 9.17) is 15.2 Å². The highest BCUT2D eigenvalue weighted by molar-refractivity contribution is 5.44. The average molecular weight is 245 g/mol. The molecule has 5 heteroatoms. The molecular formula is C13H15N3O2. The van der Waals surface area contributed by atoms with E-state index in [1.165, 1.54) is 6.20 Å². The molecule has 0 aliphatic heterocycles. The monoisotopic (exact) mass is 245 g/mol. The predicted molar refractivity (Wildman–Crippen MR) is 68.7 cm³/mol. The quantitative estimate of drug-likeness (QED) is 0.820. The molecule has 18 heavy (non-hydrogen) atoms. The molecule has 0 saturated carbocycles. The minimum Gasteiger partial charge on any atom is -0.477 e. The maximum Gasteiger partial charge on any atom is 0.241 e. The van der Waals surface area contributed by atoms with Gasteiger partial charge < -0.3 is 15.2 Å². The maximum atomic E-state index is 5.67. The van der Waals surface area contributed by atoms with Gasteiger partial charge in [0.1, 0.15) is 5.75 Å². The van der Waals surface area contributed by atoms with Gasteiger partial charge in [-0.2, -0.15) is 4.98 Å². The Labute approximate surface area is 106 Å². The van der Waals surface area contributed by atoms with Crippen LogP contribution in [0.25, 0.3) is 0 Å². The molecule has 0 atom stereocenters. The number of anilines is 1. The SMILES string of the molecule is CCCOc1cncc(Oc2cccc(N)c2)n1. The van der Waals surface area contributed by atoms with Crippen molar-refractivity contribution in [3.63, 3.8) is 0 Å². The van der Waals surface area contributed by atoms with Gasteiger partial charge in [0.2, 0.25) is 11.8 Å². The van der Waals surface area contributed by atoms with Gasteiger partial charge in [-0.1, -0.05) is 13.0 Å². The lowest BCUT2D eigenvalue weighted by Crippen LogP contribution is -1.99. The second kappa shape index (κ2) is 5.86. The standard InChI is InChI=1S/C13H15N3O2/c1-2-6-17-12-8-15-9-13(16-12)18-11-5-3-4-10(14)7-11/h3-5,7-9H,2,6,14H2,1H3. The zero-order chi connectivity index (χ0) is 12.8. The van der Waals surface area contributed by atoms with Gasteiger partial charge in [0.15, 0.2) is 0 Å². The third-order valence-electron chi connectivity index (χ3n) is 2.12. The topological polar surface area (TPSA) is 70.3 Å². The highest BCUT2D eigenvalue weighted by Gasteiger charge is 2.02. The smallest absolute Gasteiger partial charge is 0.241 e. The van der Waals surface area contributed by atoms with Crippen molar-refractivity contribution in [2.24, 2.45) is 0 Å². The summed E-state index contributed by atoms with van der Waals surface area (Å²) in [5.41, 5.74) is 6.30. The summed E-state index contributed by atoms with van der Waals surface area (Å²) in [6.07, 6.45) is 4.01. The summed E-state index contributed by atoms with van der Waals surface area (Å²) in [4.78, 5) is 8.20. The van der Waals surface area contributed by atoms with Gasteiger partial charge in [-0.3, -0.25) is 4.98 Å². The Bertz CT molecular complexity index is 517. The van der Waals surface area contributed by atoms with Gasteiger partial charge >= 0.3 is 0 Å². The number of benzene rings is 1. The fourth-order valence-corrected chi connectivity index (χ4v) is 1.36. The average Bonchev–Trinajstić information content (AvgIpc) is 2.37. The molecule has 2 N–H and O–H groups in total. The summed E-state index contributed by atoms with van der Waals surface area (Å²) < 4.78 is 10.9. The van der Waals surface area contributed by atoms with Crippen molar-refractivity contribution in [3.05, 3.63) is 36.7 Å². The second-order valence-electron chi connectivity index (χ2n) is 3.72. The van der Waals surface area contributed by atoms with Crippen LogP contribution < -0.4 is 15.2 Å². The van der Waals surface area contributed by atoms with Crippen LogP contribution in [-0.4, -0.2) is 16.6 Å². The van der Waals surface area contributed by atoms with Gasteiger partial charge in [-0.15, -0.1) is 0 Å². The third-order valence-corrected chi connectivity index (χ3v) is 2.12. The molecule has 0 bridgehead atoms. The van der Waals surface area contributed by atoms with Gasteiger partial charge in [0.25, 0.3) is 0 Å². The summed E-state index contributed by atoms with van der Waals surface area (Å²) in [6.45, 7) is 2.64. The molecule has 0 spiro atoms. The number of nitrogens with zero attached hydrogens (tertiary/aromatic N) is 2. The van der Waals surface area contributed by atoms with Crippen LogP contribution >= 0.6 is 0 Å². The number of ether oxygens (including phenoxy) is 2. The molecule has 2 rings (SSSR count). The van der Waals surface area contributed by atoms with E-state index in [2.05, 4.69) is 9.97 Å². The highest BCUT2D eigenvalue weighted by Crippen LogP contribution is 2.22. The lowest BCUT2D eigenvalue weighted by molar-refractivity contribution is 0.299. The number of nitrogens with two attached hydrogens (primary N) is 1. The summed E-state index contributed by atoms with van der Waals surface area (Å²) >= 11 is 0. The number of hydrogen-bond acceptors (Lipinski definition) is 5. The Hall–Kier alpha value is -2.30. The number of aromatic nitrogens is 2. The van der Waals surface area contributed by atoms with E-state index < -0.39 is 0 Å². The first-order valence-electron chi connectivity index (χ1n) is 5.76. The van der Waals surface area contributed by atoms with Crippen LogP contribution in [0.3, 0.4) is 0 Å². The van der Waals surface area contributed by atoms with Crippen LogP contribution in [0.2, 0.25) is 0 Å². The van der Waals surface area contributed by atoms with Crippen molar-refractivity contribution in [3.8, 4) is 17.5 Å². The Kier molecular flexibility index (Phi) is 3.96. The number of nitrogen functional groups attached to an aromatic ring is 1. The van der Waals surface area contributed by atoms with Crippen LogP contribution in [0.4, 0.5) is 5.69 Å². The van der Waals surface area contributed by atoms with Crippen LogP contribution in [0.5, 0.6) is 17.5 Å². The fraction of sp³-hybridized carbons (Fsp3) is 0.231. The Balaban J connectivity index is 2.09. The van der Waals surface area contributed by atoms with E-state index in [9.17, 15) is 0 Å². The van der Waals surface area contributed by atoms with Crippen molar-refractivity contribution in [2.45, 2.75) is 13.3 Å². The fourth-order valence-electron chi connectivity index (χ4n) is 1.36. The van der Waals surface area contributed by atoms with E-state index in [0.717, 1.165) is 6.42 Å². The highest BCUT2D eigenvalue weighted by atomic mass is 16.5. The van der Waals surface area contributed by atoms with E-state index in [1.54, 1.807) is 24.4 Å². The minimum atomic E-state index is 0.384. The Morgan fingerprint density at radius 3 is 2.83 bits per heavy atom.